The van der Waals surface area contributed by atoms with Gasteiger partial charge in [-0.05, 0) is 12.1 Å². The number of aliphatic imine (C=N–C) groups is 1. The molecule has 10 heteroatoms. The first-order valence-electron chi connectivity index (χ1n) is 7.30. The molecule has 24 heavy (non-hydrogen) atoms. The minimum absolute atomic E-state index is 0.0449. The number of esters is 1. The summed E-state index contributed by atoms with van der Waals surface area (Å²) in [7, 11) is 0. The number of fused-ring (bicyclic) bond motifs is 1. The minimum Gasteiger partial charge on any atom is -0.739 e. The summed E-state index contributed by atoms with van der Waals surface area (Å²) in [6, 6.07) is 4.68. The smallest absolute Gasteiger partial charge is 0.460 e. The van der Waals surface area contributed by atoms with Crippen LogP contribution in [-0.2, 0) is 9.53 Å². The van der Waals surface area contributed by atoms with Gasteiger partial charge < -0.3 is 15.2 Å². The van der Waals surface area contributed by atoms with Gasteiger partial charge in [0.05, 0.1) is 13.0 Å². The Morgan fingerprint density at radius 2 is 2.25 bits per heavy atom. The molecule has 1 aliphatic heterocycles. The van der Waals surface area contributed by atoms with E-state index in [1.54, 1.807) is 12.3 Å². The molecule has 0 saturated carbocycles. The quantitative estimate of drug-likeness (QED) is 0.446. The van der Waals surface area contributed by atoms with E-state index in [-0.39, 0.29) is 36.1 Å². The number of rotatable bonds is 5. The Balaban J connectivity index is 1.65. The van der Waals surface area contributed by atoms with Crippen molar-refractivity contribution in [2.24, 2.45) is 4.99 Å². The molecule has 0 radical (unpaired) electrons. The first kappa shape index (κ1) is 16.4. The number of anilines is 1. The molecule has 1 aromatic carbocycles. The number of nitrogens with zero attached hydrogens (tertiary/aromatic N) is 4. The van der Waals surface area contributed by atoms with Crippen LogP contribution < -0.4 is 14.9 Å². The summed E-state index contributed by atoms with van der Waals surface area (Å²) >= 11 is 3.24. The van der Waals surface area contributed by atoms with Crippen LogP contribution in [0.1, 0.15) is 12.8 Å². The number of benzene rings is 1. The zero-order valence-corrected chi connectivity index (χ0v) is 14.1. The molecular weight excluding hydrogens is 382 g/mol. The topological polar surface area (TPSA) is 117 Å². The van der Waals surface area contributed by atoms with Crippen molar-refractivity contribution < 1.29 is 19.1 Å². The summed E-state index contributed by atoms with van der Waals surface area (Å²) in [6.45, 7) is 0.785. The lowest BCUT2D eigenvalue weighted by Crippen LogP contribution is -2.44. The van der Waals surface area contributed by atoms with E-state index < -0.39 is 5.97 Å². The molecular formula is C14H14BrN5O4. The average Bonchev–Trinajstić information content (AvgIpc) is 3.05. The molecule has 0 amide bonds. The molecule has 3 rings (SSSR count). The molecule has 1 aromatic heterocycles. The molecule has 2 heterocycles. The highest BCUT2D eigenvalue weighted by atomic mass is 79.9. The van der Waals surface area contributed by atoms with Crippen molar-refractivity contribution in [1.82, 2.24) is 5.10 Å². The highest BCUT2D eigenvalue weighted by molar-refractivity contribution is 9.10. The van der Waals surface area contributed by atoms with Gasteiger partial charge in [0.2, 0.25) is 5.10 Å². The van der Waals surface area contributed by atoms with Gasteiger partial charge in [0, 0.05) is 34.6 Å². The molecule has 1 N–H and O–H groups in total. The number of hydrogen-bond donors (Lipinski definition) is 1. The van der Waals surface area contributed by atoms with Crippen molar-refractivity contribution in [2.45, 2.75) is 18.9 Å². The van der Waals surface area contributed by atoms with E-state index in [9.17, 15) is 15.2 Å². The summed E-state index contributed by atoms with van der Waals surface area (Å²) < 4.78 is 6.37. The number of halogens is 1. The molecule has 0 saturated heterocycles. The lowest BCUT2D eigenvalue weighted by atomic mass is 10.3. The second-order valence-corrected chi connectivity index (χ2v) is 6.09. The van der Waals surface area contributed by atoms with Gasteiger partial charge in [-0.15, -0.1) is 0 Å². The Hall–Kier alpha value is -2.49. The van der Waals surface area contributed by atoms with Crippen LogP contribution >= 0.6 is 15.9 Å². The Morgan fingerprint density at radius 3 is 3.00 bits per heavy atom. The fourth-order valence-corrected chi connectivity index (χ4v) is 2.63. The van der Waals surface area contributed by atoms with Crippen molar-refractivity contribution in [3.8, 4) is 0 Å². The van der Waals surface area contributed by atoms with E-state index in [1.165, 1.54) is 12.1 Å². The number of hydrogen-bond acceptors (Lipinski definition) is 7. The van der Waals surface area contributed by atoms with Crippen LogP contribution in [0.15, 0.2) is 27.7 Å². The van der Waals surface area contributed by atoms with Gasteiger partial charge in [-0.25, -0.2) is 4.73 Å². The Kier molecular flexibility index (Phi) is 4.74. The summed E-state index contributed by atoms with van der Waals surface area (Å²) in [6.07, 6.45) is 2.07. The number of ether oxygens (including phenoxy) is 1. The fourth-order valence-electron chi connectivity index (χ4n) is 2.29. The van der Waals surface area contributed by atoms with Crippen LogP contribution in [0.2, 0.25) is 0 Å². The molecule has 1 atom stereocenters. The summed E-state index contributed by atoms with van der Waals surface area (Å²) in [5.74, 6) is -0.576. The van der Waals surface area contributed by atoms with Crippen molar-refractivity contribution in [1.29, 1.82) is 0 Å². The maximum Gasteiger partial charge on any atom is 0.460 e. The van der Waals surface area contributed by atoms with Gasteiger partial charge in [-0.1, -0.05) is 15.9 Å². The number of aromatic nitrogens is 3. The largest absolute Gasteiger partial charge is 0.739 e. The van der Waals surface area contributed by atoms with Crippen LogP contribution in [0.5, 0.6) is 0 Å². The zero-order chi connectivity index (χ0) is 17.1. The van der Waals surface area contributed by atoms with Crippen LogP contribution in [0.4, 0.5) is 5.95 Å². The third kappa shape index (κ3) is 3.53. The van der Waals surface area contributed by atoms with Gasteiger partial charge in [0.15, 0.2) is 5.52 Å². The molecule has 2 aromatic rings. The molecule has 9 nitrogen and oxygen atoms in total. The molecule has 0 bridgehead atoms. The van der Waals surface area contributed by atoms with Crippen molar-refractivity contribution >= 4 is 45.1 Å². The van der Waals surface area contributed by atoms with Gasteiger partial charge in [0.25, 0.3) is 0 Å². The molecule has 0 aliphatic carbocycles. The highest BCUT2D eigenvalue weighted by Gasteiger charge is 2.21. The molecule has 1 aliphatic rings. The van der Waals surface area contributed by atoms with E-state index in [2.05, 4.69) is 31.3 Å². The third-order valence-corrected chi connectivity index (χ3v) is 3.94. The Bertz CT molecular complexity index is 813. The van der Waals surface area contributed by atoms with Crippen LogP contribution in [0.3, 0.4) is 0 Å². The summed E-state index contributed by atoms with van der Waals surface area (Å²) in [4.78, 5) is 16.0. The Labute approximate surface area is 145 Å². The predicted octanol–water partition coefficient (Wildman–Crippen LogP) is 0.452. The van der Waals surface area contributed by atoms with Crippen molar-refractivity contribution in [3.63, 3.8) is 0 Å². The lowest BCUT2D eigenvalue weighted by Gasteiger charge is -2.11. The van der Waals surface area contributed by atoms with Crippen molar-refractivity contribution in [3.05, 3.63) is 33.1 Å². The minimum atomic E-state index is -0.405. The van der Waals surface area contributed by atoms with Gasteiger partial charge in [-0.3, -0.25) is 15.1 Å². The maximum absolute atomic E-state index is 12.2. The Morgan fingerprint density at radius 1 is 1.42 bits per heavy atom. The number of carbonyl (C=O) groups is 1. The van der Waals surface area contributed by atoms with E-state index in [1.807, 2.05) is 0 Å². The van der Waals surface area contributed by atoms with E-state index >= 15 is 0 Å². The van der Waals surface area contributed by atoms with Crippen molar-refractivity contribution in [2.75, 3.05) is 18.4 Å². The second kappa shape index (κ2) is 6.95. The predicted molar refractivity (Wildman–Crippen MR) is 88.3 cm³/mol. The lowest BCUT2D eigenvalue weighted by molar-refractivity contribution is -0.672. The number of nitrogens with one attached hydrogen (secondary N) is 1. The molecule has 0 fully saturated rings. The van der Waals surface area contributed by atoms with E-state index in [0.29, 0.717) is 27.0 Å². The van der Waals surface area contributed by atoms with Crippen LogP contribution in [0, 0.1) is 10.4 Å². The second-order valence-electron chi connectivity index (χ2n) is 5.17. The third-order valence-electron chi connectivity index (χ3n) is 3.45. The normalized spacial score (nSPS) is 16.5. The standard InChI is InChI=1S/C14H14BrN5O4/c15-9-1-2-11-12(7-9)20(23)18-14(19(11)22)17-6-4-13(21)24-10-3-5-16-8-10/h1-2,7-8,10H,3-6H2,(H,17,18). The van der Waals surface area contributed by atoms with Gasteiger partial charge in [0.1, 0.15) is 6.10 Å². The molecule has 0 spiro atoms. The first-order valence-corrected chi connectivity index (χ1v) is 8.10. The fraction of sp³-hybridized carbons (Fsp3) is 0.357. The monoisotopic (exact) mass is 395 g/mol. The van der Waals surface area contributed by atoms with Gasteiger partial charge >= 0.3 is 17.4 Å². The number of carbonyl (C=O) groups excluding carboxylic acids is 1. The van der Waals surface area contributed by atoms with E-state index in [4.69, 9.17) is 4.74 Å². The average molecular weight is 396 g/mol. The molecule has 1 unspecified atom stereocenters. The molecule has 126 valence electrons. The van der Waals surface area contributed by atoms with Gasteiger partial charge in [-0.2, -0.15) is 0 Å². The zero-order valence-electron chi connectivity index (χ0n) is 12.5. The first-order chi connectivity index (χ1) is 11.5. The van der Waals surface area contributed by atoms with E-state index in [0.717, 1.165) is 0 Å². The SMILES string of the molecule is O=C(CCNc1n[n+]([O-])c2cc(Br)ccc2[n+]1[O-])OC1C=NCC1. The van der Waals surface area contributed by atoms with Crippen LogP contribution in [0.25, 0.3) is 11.0 Å². The summed E-state index contributed by atoms with van der Waals surface area (Å²) in [5.41, 5.74) is 0.320. The summed E-state index contributed by atoms with van der Waals surface area (Å²) in [5, 5.41) is 30.5. The van der Waals surface area contributed by atoms with Crippen LogP contribution in [-0.4, -0.2) is 36.5 Å². The highest BCUT2D eigenvalue weighted by Crippen LogP contribution is 2.14. The maximum atomic E-state index is 12.2.